The molecule has 0 amide bonds. The number of hydrogen-bond donors (Lipinski definition) is 0. The van der Waals surface area contributed by atoms with Gasteiger partial charge in [0.15, 0.2) is 11.6 Å². The summed E-state index contributed by atoms with van der Waals surface area (Å²) in [6.45, 7) is 3.88. The third-order valence-corrected chi connectivity index (χ3v) is 3.61. The topological polar surface area (TPSA) is 48.2 Å². The second-order valence-electron chi connectivity index (χ2n) is 5.12. The van der Waals surface area contributed by atoms with Crippen molar-refractivity contribution in [1.29, 1.82) is 0 Å². The number of carbonyl (C=O) groups excluding carboxylic acids is 2. The van der Waals surface area contributed by atoms with Crippen molar-refractivity contribution in [2.75, 3.05) is 0 Å². The molecule has 104 valence electrons. The van der Waals surface area contributed by atoms with Crippen molar-refractivity contribution in [2.24, 2.45) is 0 Å². The van der Waals surface area contributed by atoms with Gasteiger partial charge in [-0.15, -0.1) is 5.69 Å². The van der Waals surface area contributed by atoms with Gasteiger partial charge in [0.05, 0.1) is 0 Å². The average molecular weight is 299 g/mol. The molecule has 3 rings (SSSR count). The van der Waals surface area contributed by atoms with Gasteiger partial charge in [0, 0.05) is 11.1 Å². The molecule has 0 saturated heterocycles. The van der Waals surface area contributed by atoms with E-state index >= 15 is 0 Å². The molecule has 4 heteroatoms. The number of para-hydroxylation sites is 1. The summed E-state index contributed by atoms with van der Waals surface area (Å²) in [6, 6.07) is 12.7. The van der Waals surface area contributed by atoms with Crippen LogP contribution < -0.4 is 29.6 Å². The van der Waals surface area contributed by atoms with Crippen LogP contribution in [0.5, 0.6) is 0 Å². The Hall–Kier alpha value is -1.68. The van der Waals surface area contributed by atoms with E-state index in [1.54, 1.807) is 24.3 Å². The normalized spacial score (nSPS) is 13.1. The number of Topliss-reactive ketones (excluding diaryl/α,β-unsaturated/α-hetero) is 1. The van der Waals surface area contributed by atoms with Gasteiger partial charge < -0.3 is 5.32 Å². The summed E-state index contributed by atoms with van der Waals surface area (Å²) >= 11 is 0. The summed E-state index contributed by atoms with van der Waals surface area (Å²) in [7, 11) is 0. The maximum atomic E-state index is 12.5. The molecule has 0 N–H and O–H groups in total. The predicted octanol–water partition coefficient (Wildman–Crippen LogP) is 1.28. The maximum Gasteiger partial charge on any atom is 1.00 e. The summed E-state index contributed by atoms with van der Waals surface area (Å²) in [5.74, 6) is -0.372. The molecule has 1 aliphatic rings. The molecule has 2 aromatic carbocycles. The van der Waals surface area contributed by atoms with Crippen LogP contribution in [-0.4, -0.2) is 11.6 Å². The summed E-state index contributed by atoms with van der Waals surface area (Å²) < 4.78 is 0. The molecule has 0 bridgehead atoms. The van der Waals surface area contributed by atoms with E-state index in [4.69, 9.17) is 0 Å². The molecular weight excluding hydrogens is 285 g/mol. The van der Waals surface area contributed by atoms with E-state index in [1.165, 1.54) is 6.08 Å². The van der Waals surface area contributed by atoms with E-state index in [0.717, 1.165) is 16.8 Å². The summed E-state index contributed by atoms with van der Waals surface area (Å²) in [5, 5.41) is 4.44. The molecule has 1 aliphatic carbocycles. The first kappa shape index (κ1) is 16.7. The van der Waals surface area contributed by atoms with Crippen molar-refractivity contribution in [3.63, 3.8) is 0 Å². The Morgan fingerprint density at radius 2 is 1.41 bits per heavy atom. The minimum Gasteiger partial charge on any atom is -0.654 e. The first-order valence-corrected chi connectivity index (χ1v) is 6.75. The SMILES string of the molecule is Cc1cccc(C)c1[N-]C1=CC(=O)c2ccccc2C1=O.[Na+]. The van der Waals surface area contributed by atoms with Crippen molar-refractivity contribution >= 4 is 17.3 Å². The Morgan fingerprint density at radius 3 is 2.05 bits per heavy atom. The third kappa shape index (κ3) is 2.93. The number of ketones is 2. The number of rotatable bonds is 2. The van der Waals surface area contributed by atoms with E-state index in [9.17, 15) is 9.59 Å². The van der Waals surface area contributed by atoms with E-state index < -0.39 is 0 Å². The van der Waals surface area contributed by atoms with Gasteiger partial charge in [0.1, 0.15) is 0 Å². The first-order chi connectivity index (χ1) is 10.1. The number of allylic oxidation sites excluding steroid dienone is 2. The fourth-order valence-corrected chi connectivity index (χ4v) is 2.49. The van der Waals surface area contributed by atoms with Crippen LogP contribution >= 0.6 is 0 Å². The number of nitrogens with zero attached hydrogens (tertiary/aromatic N) is 1. The molecule has 3 nitrogen and oxygen atoms in total. The van der Waals surface area contributed by atoms with Crippen molar-refractivity contribution < 1.29 is 39.1 Å². The molecule has 0 aliphatic heterocycles. The van der Waals surface area contributed by atoms with Crippen LogP contribution in [-0.2, 0) is 0 Å². The number of benzene rings is 2. The zero-order valence-corrected chi connectivity index (χ0v) is 14.9. The molecule has 0 saturated carbocycles. The Kier molecular flexibility index (Phi) is 5.01. The van der Waals surface area contributed by atoms with Crippen LogP contribution in [0.2, 0.25) is 0 Å². The van der Waals surface area contributed by atoms with Gasteiger partial charge in [-0.05, 0) is 19.9 Å². The van der Waals surface area contributed by atoms with E-state index in [1.807, 2.05) is 32.0 Å². The van der Waals surface area contributed by atoms with Crippen molar-refractivity contribution in [3.8, 4) is 0 Å². The summed E-state index contributed by atoms with van der Waals surface area (Å²) in [5.41, 5.74) is 3.79. The zero-order chi connectivity index (χ0) is 15.0. The van der Waals surface area contributed by atoms with Crippen LogP contribution in [0.3, 0.4) is 0 Å². The zero-order valence-electron chi connectivity index (χ0n) is 12.9. The van der Waals surface area contributed by atoms with Gasteiger partial charge >= 0.3 is 29.6 Å². The molecule has 0 unspecified atom stereocenters. The fraction of sp³-hybridized carbons (Fsp3) is 0.111. The quantitative estimate of drug-likeness (QED) is 0.784. The Labute approximate surface area is 151 Å². The summed E-state index contributed by atoms with van der Waals surface area (Å²) in [6.07, 6.45) is 1.33. The minimum atomic E-state index is -0.201. The second-order valence-corrected chi connectivity index (χ2v) is 5.12. The number of hydrogen-bond acceptors (Lipinski definition) is 2. The first-order valence-electron chi connectivity index (χ1n) is 6.75. The Morgan fingerprint density at radius 1 is 0.818 bits per heavy atom. The van der Waals surface area contributed by atoms with E-state index in [-0.39, 0.29) is 46.8 Å². The molecule has 0 spiro atoms. The predicted molar refractivity (Wildman–Crippen MR) is 82.1 cm³/mol. The number of fused-ring (bicyclic) bond motifs is 1. The van der Waals surface area contributed by atoms with Crippen LogP contribution in [0, 0.1) is 13.8 Å². The third-order valence-electron chi connectivity index (χ3n) is 3.61. The fourth-order valence-electron chi connectivity index (χ4n) is 2.49. The van der Waals surface area contributed by atoms with E-state index in [2.05, 4.69) is 5.32 Å². The van der Waals surface area contributed by atoms with Gasteiger partial charge in [0.25, 0.3) is 0 Å². The number of carbonyl (C=O) groups is 2. The largest absolute Gasteiger partial charge is 1.00 e. The van der Waals surface area contributed by atoms with Gasteiger partial charge in [-0.2, -0.15) is 0 Å². The molecule has 0 atom stereocenters. The Balaban J connectivity index is 0.00000176. The van der Waals surface area contributed by atoms with Crippen LogP contribution in [0.15, 0.2) is 54.2 Å². The number of aryl methyl sites for hydroxylation is 2. The standard InChI is InChI=1S/C18H15NO2.Na/c1-11-6-5-7-12(2)17(11)19-15-10-16(20)13-8-3-4-9-14(13)18(15)21;/h3-10H,1-2H3,(H,19,20);/q;+1/p-1. The van der Waals surface area contributed by atoms with Crippen molar-refractivity contribution in [3.05, 3.63) is 81.8 Å². The van der Waals surface area contributed by atoms with Gasteiger partial charge in [0.2, 0.25) is 0 Å². The molecular formula is C18H14NNaO2. The van der Waals surface area contributed by atoms with Crippen molar-refractivity contribution in [2.45, 2.75) is 13.8 Å². The molecule has 0 radical (unpaired) electrons. The summed E-state index contributed by atoms with van der Waals surface area (Å²) in [4.78, 5) is 24.6. The van der Waals surface area contributed by atoms with Gasteiger partial charge in [-0.25, -0.2) is 0 Å². The Bertz CT molecular complexity index is 773. The van der Waals surface area contributed by atoms with Crippen LogP contribution in [0.25, 0.3) is 5.32 Å². The molecule has 2 aromatic rings. The van der Waals surface area contributed by atoms with Gasteiger partial charge in [-0.3, -0.25) is 9.59 Å². The smallest absolute Gasteiger partial charge is 0.654 e. The van der Waals surface area contributed by atoms with Crippen LogP contribution in [0.1, 0.15) is 31.8 Å². The van der Waals surface area contributed by atoms with Crippen molar-refractivity contribution in [1.82, 2.24) is 0 Å². The minimum absolute atomic E-state index is 0. The van der Waals surface area contributed by atoms with Crippen LogP contribution in [0.4, 0.5) is 5.69 Å². The van der Waals surface area contributed by atoms with Gasteiger partial charge in [-0.1, -0.05) is 59.3 Å². The average Bonchev–Trinajstić information content (AvgIpc) is 2.48. The maximum absolute atomic E-state index is 12.5. The second kappa shape index (κ2) is 6.61. The molecule has 0 aromatic heterocycles. The van der Waals surface area contributed by atoms with E-state index in [0.29, 0.717) is 11.1 Å². The molecule has 0 fully saturated rings. The molecule has 22 heavy (non-hydrogen) atoms. The monoisotopic (exact) mass is 299 g/mol. The molecule has 0 heterocycles.